The highest BCUT2D eigenvalue weighted by Crippen LogP contribution is 2.19. The van der Waals surface area contributed by atoms with E-state index in [0.717, 1.165) is 39.3 Å². The van der Waals surface area contributed by atoms with Crippen LogP contribution in [0.1, 0.15) is 38.4 Å². The molecule has 1 heterocycles. The van der Waals surface area contributed by atoms with E-state index in [4.69, 9.17) is 9.72 Å². The van der Waals surface area contributed by atoms with Crippen LogP contribution in [0.3, 0.4) is 0 Å². The highest BCUT2D eigenvalue weighted by atomic mass is 16.5. The molecule has 1 aromatic heterocycles. The van der Waals surface area contributed by atoms with E-state index in [-0.39, 0.29) is 5.91 Å². The summed E-state index contributed by atoms with van der Waals surface area (Å²) in [4.78, 5) is 17.5. The Kier molecular flexibility index (Phi) is 6.78. The summed E-state index contributed by atoms with van der Waals surface area (Å²) in [6, 6.07) is 20.3. The maximum absolute atomic E-state index is 12.6. The first kappa shape index (κ1) is 22.6. The summed E-state index contributed by atoms with van der Waals surface area (Å²) in [5.41, 5.74) is 7.29. The number of nitrogens with zero attached hydrogens (tertiary/aromatic N) is 2. The highest BCUT2D eigenvalue weighted by Gasteiger charge is 2.13. The van der Waals surface area contributed by atoms with Crippen LogP contribution in [0.25, 0.3) is 11.0 Å². The van der Waals surface area contributed by atoms with Crippen LogP contribution in [-0.4, -0.2) is 28.6 Å². The van der Waals surface area contributed by atoms with Gasteiger partial charge < -0.3 is 14.6 Å². The van der Waals surface area contributed by atoms with Crippen molar-refractivity contribution in [1.29, 1.82) is 0 Å². The van der Waals surface area contributed by atoms with E-state index in [1.165, 1.54) is 11.1 Å². The first-order chi connectivity index (χ1) is 15.9. The number of amides is 1. The third-order valence-electron chi connectivity index (χ3n) is 5.77. The van der Waals surface area contributed by atoms with Gasteiger partial charge in [-0.3, -0.25) is 4.79 Å². The summed E-state index contributed by atoms with van der Waals surface area (Å²) in [6.45, 7) is 9.91. The molecular weight excluding hydrogens is 410 g/mol. The maximum Gasteiger partial charge on any atom is 0.251 e. The number of benzene rings is 3. The molecule has 0 fully saturated rings. The van der Waals surface area contributed by atoms with E-state index in [1.807, 2.05) is 50.2 Å². The molecule has 0 saturated carbocycles. The topological polar surface area (TPSA) is 56.1 Å². The largest absolute Gasteiger partial charge is 0.492 e. The van der Waals surface area contributed by atoms with Crippen molar-refractivity contribution >= 4 is 16.9 Å². The number of para-hydroxylation sites is 2. The van der Waals surface area contributed by atoms with Gasteiger partial charge in [0, 0.05) is 18.5 Å². The molecule has 0 spiro atoms. The van der Waals surface area contributed by atoms with Gasteiger partial charge in [-0.05, 0) is 74.7 Å². The summed E-state index contributed by atoms with van der Waals surface area (Å²) < 4.78 is 8.25. The van der Waals surface area contributed by atoms with Gasteiger partial charge in [-0.15, -0.1) is 0 Å². The summed E-state index contributed by atoms with van der Waals surface area (Å²) in [5.74, 6) is 1.79. The molecule has 0 radical (unpaired) electrons. The lowest BCUT2D eigenvalue weighted by molar-refractivity contribution is 0.0953. The fraction of sp³-hybridized carbons (Fsp3) is 0.286. The molecule has 0 aliphatic rings. The predicted molar refractivity (Wildman–Crippen MR) is 133 cm³/mol. The van der Waals surface area contributed by atoms with Crippen LogP contribution in [0.4, 0.5) is 0 Å². The monoisotopic (exact) mass is 441 g/mol. The van der Waals surface area contributed by atoms with Crippen LogP contribution in [0, 0.1) is 27.7 Å². The third-order valence-corrected chi connectivity index (χ3v) is 5.77. The minimum atomic E-state index is -0.0479. The lowest BCUT2D eigenvalue weighted by Gasteiger charge is -2.12. The van der Waals surface area contributed by atoms with Gasteiger partial charge in [0.15, 0.2) is 0 Å². The molecule has 1 N–H and O–H groups in total. The first-order valence-electron chi connectivity index (χ1n) is 11.4. The molecular formula is C28H31N3O2. The molecule has 33 heavy (non-hydrogen) atoms. The molecule has 1 amide bonds. The molecule has 5 heteroatoms. The lowest BCUT2D eigenvalue weighted by atomic mass is 10.1. The Labute approximate surface area is 195 Å². The quantitative estimate of drug-likeness (QED) is 0.403. The highest BCUT2D eigenvalue weighted by molar-refractivity contribution is 5.95. The zero-order chi connectivity index (χ0) is 23.4. The van der Waals surface area contributed by atoms with Gasteiger partial charge in [-0.2, -0.15) is 0 Å². The van der Waals surface area contributed by atoms with E-state index in [2.05, 4.69) is 48.0 Å². The standard InChI is InChI=1S/C28H31N3O2/c1-19-9-10-24(22(4)16-19)28(32)29-12-11-27-30-25-7-5-6-8-26(25)31(27)13-14-33-23-17-20(2)15-21(3)18-23/h5-10,15-18H,11-14H2,1-4H3,(H,29,32). The Morgan fingerprint density at radius 3 is 2.45 bits per heavy atom. The van der Waals surface area contributed by atoms with Gasteiger partial charge in [0.05, 0.1) is 17.6 Å². The predicted octanol–water partition coefficient (Wildman–Crippen LogP) is 5.32. The summed E-state index contributed by atoms with van der Waals surface area (Å²) in [6.07, 6.45) is 0.648. The van der Waals surface area contributed by atoms with Crippen molar-refractivity contribution in [3.05, 3.63) is 94.3 Å². The van der Waals surface area contributed by atoms with Crippen LogP contribution in [0.2, 0.25) is 0 Å². The lowest BCUT2D eigenvalue weighted by Crippen LogP contribution is -2.27. The minimum absolute atomic E-state index is 0.0479. The number of hydrogen-bond donors (Lipinski definition) is 1. The van der Waals surface area contributed by atoms with Gasteiger partial charge in [-0.25, -0.2) is 4.98 Å². The van der Waals surface area contributed by atoms with Crippen LogP contribution < -0.4 is 10.1 Å². The fourth-order valence-electron chi connectivity index (χ4n) is 4.29. The van der Waals surface area contributed by atoms with Crippen molar-refractivity contribution < 1.29 is 9.53 Å². The molecule has 5 nitrogen and oxygen atoms in total. The number of ether oxygens (including phenoxy) is 1. The third kappa shape index (κ3) is 5.43. The van der Waals surface area contributed by atoms with Crippen molar-refractivity contribution in [2.24, 2.45) is 0 Å². The van der Waals surface area contributed by atoms with Crippen LogP contribution >= 0.6 is 0 Å². The summed E-state index contributed by atoms with van der Waals surface area (Å²) in [5, 5.41) is 3.05. The second-order valence-electron chi connectivity index (χ2n) is 8.66. The zero-order valence-corrected chi connectivity index (χ0v) is 19.8. The number of carbonyl (C=O) groups excluding carboxylic acids is 1. The van der Waals surface area contributed by atoms with Gasteiger partial charge in [0.25, 0.3) is 5.91 Å². The molecule has 0 aliphatic carbocycles. The molecule has 170 valence electrons. The van der Waals surface area contributed by atoms with E-state index in [9.17, 15) is 4.79 Å². The number of aryl methyl sites for hydroxylation is 4. The van der Waals surface area contributed by atoms with Gasteiger partial charge in [0.1, 0.15) is 18.2 Å². The molecule has 4 rings (SSSR count). The Balaban J connectivity index is 1.44. The number of aromatic nitrogens is 2. The number of carbonyl (C=O) groups is 1. The van der Waals surface area contributed by atoms with Crippen molar-refractivity contribution in [1.82, 2.24) is 14.9 Å². The van der Waals surface area contributed by atoms with E-state index < -0.39 is 0 Å². The van der Waals surface area contributed by atoms with Crippen LogP contribution in [0.5, 0.6) is 5.75 Å². The number of hydrogen-bond acceptors (Lipinski definition) is 3. The van der Waals surface area contributed by atoms with Crippen molar-refractivity contribution in [2.75, 3.05) is 13.2 Å². The van der Waals surface area contributed by atoms with Crippen molar-refractivity contribution in [3.63, 3.8) is 0 Å². The molecule has 0 unspecified atom stereocenters. The first-order valence-corrected chi connectivity index (χ1v) is 11.4. The molecule has 4 aromatic rings. The summed E-state index contributed by atoms with van der Waals surface area (Å²) >= 11 is 0. The Hall–Kier alpha value is -3.60. The minimum Gasteiger partial charge on any atom is -0.492 e. The normalized spacial score (nSPS) is 11.0. The average Bonchev–Trinajstić information content (AvgIpc) is 3.10. The second-order valence-corrected chi connectivity index (χ2v) is 8.66. The number of nitrogens with one attached hydrogen (secondary N) is 1. The van der Waals surface area contributed by atoms with Crippen LogP contribution in [-0.2, 0) is 13.0 Å². The molecule has 0 atom stereocenters. The maximum atomic E-state index is 12.6. The average molecular weight is 442 g/mol. The second kappa shape index (κ2) is 9.90. The smallest absolute Gasteiger partial charge is 0.251 e. The van der Waals surface area contributed by atoms with Gasteiger partial charge >= 0.3 is 0 Å². The molecule has 0 aliphatic heterocycles. The Bertz CT molecular complexity index is 1270. The van der Waals surface area contributed by atoms with Gasteiger partial charge in [0.2, 0.25) is 0 Å². The number of rotatable bonds is 8. The van der Waals surface area contributed by atoms with Gasteiger partial charge in [-0.1, -0.05) is 35.9 Å². The van der Waals surface area contributed by atoms with Crippen molar-refractivity contribution in [2.45, 2.75) is 40.7 Å². The van der Waals surface area contributed by atoms with E-state index in [0.29, 0.717) is 26.1 Å². The van der Waals surface area contributed by atoms with E-state index >= 15 is 0 Å². The summed E-state index contributed by atoms with van der Waals surface area (Å²) in [7, 11) is 0. The molecule has 0 bridgehead atoms. The molecule has 0 saturated heterocycles. The Morgan fingerprint density at radius 1 is 0.939 bits per heavy atom. The zero-order valence-electron chi connectivity index (χ0n) is 19.8. The van der Waals surface area contributed by atoms with E-state index in [1.54, 1.807) is 0 Å². The molecule has 3 aromatic carbocycles. The van der Waals surface area contributed by atoms with Crippen molar-refractivity contribution in [3.8, 4) is 5.75 Å². The number of imidazole rings is 1. The van der Waals surface area contributed by atoms with Crippen LogP contribution in [0.15, 0.2) is 60.7 Å². The Morgan fingerprint density at radius 2 is 1.70 bits per heavy atom. The SMILES string of the molecule is Cc1cc(C)cc(OCCn2c(CCNC(=O)c3ccc(C)cc3C)nc3ccccc32)c1. The number of fused-ring (bicyclic) bond motifs is 1. The fourth-order valence-corrected chi connectivity index (χ4v) is 4.29.